The van der Waals surface area contributed by atoms with Gasteiger partial charge in [-0.05, 0) is 37.5 Å². The number of aromatic hydroxyl groups is 1. The first-order chi connectivity index (χ1) is 11.7. The van der Waals surface area contributed by atoms with Crippen LogP contribution >= 0.6 is 0 Å². The van der Waals surface area contributed by atoms with Gasteiger partial charge in [-0.15, -0.1) is 0 Å². The molecule has 2 aliphatic rings. The topological polar surface area (TPSA) is 53.7 Å². The summed E-state index contributed by atoms with van der Waals surface area (Å²) in [6.45, 7) is 2.95. The summed E-state index contributed by atoms with van der Waals surface area (Å²) in [6, 6.07) is 10.6. The number of nitrogens with zero attached hydrogens (tertiary/aromatic N) is 4. The Labute approximate surface area is 140 Å². The zero-order valence-corrected chi connectivity index (χ0v) is 13.7. The quantitative estimate of drug-likeness (QED) is 0.788. The Morgan fingerprint density at radius 2 is 2.04 bits per heavy atom. The standard InChI is InChI=1S/C19H20N4O/c1-12-8-19-20-10-16-17-7-4-14(9-18(16)23(19)21-12)22(17)11-13-2-5-15(24)6-3-13/h2-3,5-6,8,10,14,17,24H,4,7,9,11H2,1H3/t14-,17+/m1/s1. The summed E-state index contributed by atoms with van der Waals surface area (Å²) < 4.78 is 2.05. The van der Waals surface area contributed by atoms with Crippen molar-refractivity contribution in [3.63, 3.8) is 0 Å². The van der Waals surface area contributed by atoms with Crippen molar-refractivity contribution in [1.82, 2.24) is 19.5 Å². The van der Waals surface area contributed by atoms with Crippen LogP contribution in [0.25, 0.3) is 5.65 Å². The molecule has 0 radical (unpaired) electrons. The lowest BCUT2D eigenvalue weighted by Gasteiger charge is -2.36. The van der Waals surface area contributed by atoms with Crippen molar-refractivity contribution in [3.8, 4) is 5.75 Å². The van der Waals surface area contributed by atoms with Gasteiger partial charge in [0.15, 0.2) is 5.65 Å². The molecule has 0 unspecified atom stereocenters. The first-order valence-electron chi connectivity index (χ1n) is 8.57. The Balaban J connectivity index is 1.53. The van der Waals surface area contributed by atoms with Crippen LogP contribution in [0, 0.1) is 6.92 Å². The van der Waals surface area contributed by atoms with E-state index in [0.29, 0.717) is 17.8 Å². The Kier molecular flexibility index (Phi) is 2.94. The molecule has 122 valence electrons. The largest absolute Gasteiger partial charge is 0.508 e. The first kappa shape index (κ1) is 14.0. The van der Waals surface area contributed by atoms with Crippen LogP contribution in [0.1, 0.15) is 41.4 Å². The minimum absolute atomic E-state index is 0.325. The van der Waals surface area contributed by atoms with Crippen molar-refractivity contribution in [2.75, 3.05) is 0 Å². The van der Waals surface area contributed by atoms with Crippen molar-refractivity contribution in [2.24, 2.45) is 0 Å². The Hall–Kier alpha value is -2.40. The molecule has 0 saturated carbocycles. The van der Waals surface area contributed by atoms with Crippen molar-refractivity contribution < 1.29 is 5.11 Å². The lowest BCUT2D eigenvalue weighted by atomic mass is 9.98. The van der Waals surface area contributed by atoms with Gasteiger partial charge in [-0.3, -0.25) is 4.90 Å². The highest BCUT2D eigenvalue weighted by Gasteiger charge is 2.41. The SMILES string of the molecule is Cc1cc2ncc3c(n2n1)C[C@H]1CC[C@@H]3N1Cc1ccc(O)cc1. The summed E-state index contributed by atoms with van der Waals surface area (Å²) in [6.07, 6.45) is 5.49. The number of phenolic OH excluding ortho intramolecular Hbond substituents is 1. The molecule has 0 aliphatic carbocycles. The predicted molar refractivity (Wildman–Crippen MR) is 90.8 cm³/mol. The third-order valence-electron chi connectivity index (χ3n) is 5.47. The Morgan fingerprint density at radius 1 is 1.21 bits per heavy atom. The molecule has 5 heteroatoms. The summed E-state index contributed by atoms with van der Waals surface area (Å²) >= 11 is 0. The summed E-state index contributed by atoms with van der Waals surface area (Å²) in [7, 11) is 0. The Bertz CT molecular complexity index is 915. The summed E-state index contributed by atoms with van der Waals surface area (Å²) in [4.78, 5) is 7.22. The van der Waals surface area contributed by atoms with Gasteiger partial charge < -0.3 is 5.11 Å². The molecule has 1 aromatic carbocycles. The highest BCUT2D eigenvalue weighted by atomic mass is 16.3. The molecule has 1 saturated heterocycles. The maximum absolute atomic E-state index is 9.48. The second kappa shape index (κ2) is 5.05. The van der Waals surface area contributed by atoms with Crippen LogP contribution in [0.4, 0.5) is 0 Å². The lowest BCUT2D eigenvalue weighted by molar-refractivity contribution is 0.165. The maximum atomic E-state index is 9.48. The van der Waals surface area contributed by atoms with E-state index < -0.39 is 0 Å². The minimum Gasteiger partial charge on any atom is -0.508 e. The molecule has 2 atom stereocenters. The number of hydrogen-bond donors (Lipinski definition) is 1. The highest BCUT2D eigenvalue weighted by molar-refractivity contribution is 5.44. The summed E-state index contributed by atoms with van der Waals surface area (Å²) in [5, 5.41) is 14.1. The van der Waals surface area contributed by atoms with E-state index in [2.05, 4.69) is 21.2 Å². The van der Waals surface area contributed by atoms with E-state index in [1.54, 1.807) is 12.1 Å². The van der Waals surface area contributed by atoms with Crippen molar-refractivity contribution in [1.29, 1.82) is 0 Å². The molecule has 2 aromatic heterocycles. The number of aryl methyl sites for hydroxylation is 1. The van der Waals surface area contributed by atoms with Crippen molar-refractivity contribution in [2.45, 2.75) is 44.8 Å². The van der Waals surface area contributed by atoms with Crippen LogP contribution in [0.2, 0.25) is 0 Å². The van der Waals surface area contributed by atoms with E-state index in [4.69, 9.17) is 0 Å². The van der Waals surface area contributed by atoms with Gasteiger partial charge in [0.2, 0.25) is 0 Å². The average Bonchev–Trinajstić information content (AvgIpc) is 3.08. The third-order valence-corrected chi connectivity index (χ3v) is 5.47. The molecule has 24 heavy (non-hydrogen) atoms. The molecule has 2 bridgehead atoms. The van der Waals surface area contributed by atoms with Gasteiger partial charge in [-0.2, -0.15) is 5.10 Å². The second-order valence-electron chi connectivity index (χ2n) is 7.01. The zero-order valence-electron chi connectivity index (χ0n) is 13.7. The number of fused-ring (bicyclic) bond motifs is 6. The number of benzene rings is 1. The van der Waals surface area contributed by atoms with Gasteiger partial charge >= 0.3 is 0 Å². The Morgan fingerprint density at radius 3 is 2.88 bits per heavy atom. The van der Waals surface area contributed by atoms with Crippen LogP contribution < -0.4 is 0 Å². The number of rotatable bonds is 2. The molecule has 5 rings (SSSR count). The highest BCUT2D eigenvalue weighted by Crippen LogP contribution is 2.44. The normalized spacial score (nSPS) is 22.9. The van der Waals surface area contributed by atoms with Crippen LogP contribution in [0.5, 0.6) is 5.75 Å². The van der Waals surface area contributed by atoms with Gasteiger partial charge in [0.05, 0.1) is 11.4 Å². The van der Waals surface area contributed by atoms with Crippen LogP contribution in [0.3, 0.4) is 0 Å². The molecule has 0 amide bonds. The maximum Gasteiger partial charge on any atom is 0.155 e. The minimum atomic E-state index is 0.325. The first-order valence-corrected chi connectivity index (χ1v) is 8.57. The fraction of sp³-hybridized carbons (Fsp3) is 0.368. The van der Waals surface area contributed by atoms with Crippen LogP contribution in [-0.2, 0) is 13.0 Å². The van der Waals surface area contributed by atoms with Gasteiger partial charge in [0.1, 0.15) is 5.75 Å². The molecule has 0 spiro atoms. The van der Waals surface area contributed by atoms with E-state index in [9.17, 15) is 5.11 Å². The lowest BCUT2D eigenvalue weighted by Crippen LogP contribution is -2.38. The molecular weight excluding hydrogens is 300 g/mol. The van der Waals surface area contributed by atoms with E-state index in [0.717, 1.165) is 24.3 Å². The average molecular weight is 320 g/mol. The van der Waals surface area contributed by atoms with E-state index in [1.807, 2.05) is 29.6 Å². The second-order valence-corrected chi connectivity index (χ2v) is 7.01. The van der Waals surface area contributed by atoms with Crippen LogP contribution in [-0.4, -0.2) is 30.6 Å². The molecular formula is C19H20N4O. The molecule has 4 heterocycles. The van der Waals surface area contributed by atoms with Crippen molar-refractivity contribution in [3.05, 3.63) is 59.0 Å². The van der Waals surface area contributed by atoms with Gasteiger partial charge in [-0.25, -0.2) is 9.50 Å². The third kappa shape index (κ3) is 2.04. The fourth-order valence-electron chi connectivity index (χ4n) is 4.36. The molecule has 3 aromatic rings. The molecule has 1 fully saturated rings. The van der Waals surface area contributed by atoms with Gasteiger partial charge in [0.25, 0.3) is 0 Å². The van der Waals surface area contributed by atoms with Gasteiger partial charge in [0, 0.05) is 42.9 Å². The summed E-state index contributed by atoms with van der Waals surface area (Å²) in [5.74, 6) is 0.325. The number of hydrogen-bond acceptors (Lipinski definition) is 4. The molecule has 1 N–H and O–H groups in total. The van der Waals surface area contributed by atoms with E-state index >= 15 is 0 Å². The van der Waals surface area contributed by atoms with Crippen LogP contribution in [0.15, 0.2) is 36.5 Å². The molecule has 5 nitrogen and oxygen atoms in total. The summed E-state index contributed by atoms with van der Waals surface area (Å²) in [5.41, 5.74) is 5.89. The number of aromatic nitrogens is 3. The smallest absolute Gasteiger partial charge is 0.155 e. The zero-order chi connectivity index (χ0) is 16.3. The van der Waals surface area contributed by atoms with E-state index in [-0.39, 0.29) is 0 Å². The molecule has 2 aliphatic heterocycles. The van der Waals surface area contributed by atoms with E-state index in [1.165, 1.54) is 29.7 Å². The van der Waals surface area contributed by atoms with Gasteiger partial charge in [-0.1, -0.05) is 12.1 Å². The van der Waals surface area contributed by atoms with Crippen molar-refractivity contribution >= 4 is 5.65 Å². The monoisotopic (exact) mass is 320 g/mol. The number of phenols is 1. The predicted octanol–water partition coefficient (Wildman–Crippen LogP) is 3.01. The fourth-order valence-corrected chi connectivity index (χ4v) is 4.36.